The third kappa shape index (κ3) is 3.96. The van der Waals surface area contributed by atoms with E-state index in [1.165, 1.54) is 7.11 Å². The molecular formula is C11H17N3O2. The van der Waals surface area contributed by atoms with E-state index in [4.69, 9.17) is 10.7 Å². The number of nitrogens with zero attached hydrogens (tertiary/aromatic N) is 2. The molecule has 0 radical (unpaired) electrons. The van der Waals surface area contributed by atoms with Gasteiger partial charge < -0.3 is 9.68 Å². The Labute approximate surface area is 95.2 Å². The number of hydrogen-bond acceptors (Lipinski definition) is 5. The van der Waals surface area contributed by atoms with Gasteiger partial charge in [-0.15, -0.1) is 0 Å². The van der Waals surface area contributed by atoms with E-state index >= 15 is 0 Å². The lowest BCUT2D eigenvalue weighted by Gasteiger charge is -2.03. The van der Waals surface area contributed by atoms with Crippen molar-refractivity contribution in [3.63, 3.8) is 0 Å². The topological polar surface area (TPSA) is 69.7 Å². The predicted octanol–water partition coefficient (Wildman–Crippen LogP) is 1.27. The van der Waals surface area contributed by atoms with Gasteiger partial charge in [0.25, 0.3) is 0 Å². The van der Waals surface area contributed by atoms with Crippen LogP contribution < -0.4 is 5.90 Å². The van der Waals surface area contributed by atoms with Crippen LogP contribution in [0.4, 0.5) is 0 Å². The number of nitrogens with two attached hydrogens (primary N) is 1. The molecule has 1 aromatic heterocycles. The van der Waals surface area contributed by atoms with Crippen molar-refractivity contribution < 1.29 is 9.68 Å². The van der Waals surface area contributed by atoms with Crippen LogP contribution in [0.3, 0.4) is 0 Å². The summed E-state index contributed by atoms with van der Waals surface area (Å²) in [5, 5.41) is 3.84. The molecule has 0 aliphatic heterocycles. The largest absolute Gasteiger partial charge is 0.399 e. The Kier molecular flexibility index (Phi) is 5.45. The molecule has 0 unspecified atom stereocenters. The quantitative estimate of drug-likeness (QED) is 0.448. The Bertz CT molecular complexity index is 353. The van der Waals surface area contributed by atoms with Gasteiger partial charge >= 0.3 is 0 Å². The number of aryl methyl sites for hydroxylation is 1. The van der Waals surface area contributed by atoms with Crippen LogP contribution in [-0.4, -0.2) is 24.4 Å². The number of aromatic nitrogens is 1. The molecule has 2 N–H and O–H groups in total. The molecular weight excluding hydrogens is 206 g/mol. The van der Waals surface area contributed by atoms with E-state index < -0.39 is 0 Å². The first kappa shape index (κ1) is 12.6. The third-order valence-electron chi connectivity index (χ3n) is 2.10. The number of oxime groups is 1. The van der Waals surface area contributed by atoms with E-state index in [9.17, 15) is 0 Å². The molecule has 0 aliphatic carbocycles. The van der Waals surface area contributed by atoms with Crippen LogP contribution in [-0.2, 0) is 16.1 Å². The molecule has 0 saturated carbocycles. The molecule has 0 atom stereocenters. The van der Waals surface area contributed by atoms with E-state index in [2.05, 4.69) is 15.0 Å². The maximum atomic E-state index is 4.95. The highest BCUT2D eigenvalue weighted by molar-refractivity contribution is 5.96. The predicted molar refractivity (Wildman–Crippen MR) is 61.9 cm³/mol. The number of hydrogen-bond donors (Lipinski definition) is 1. The fraction of sp³-hybridized carbons (Fsp3) is 0.455. The van der Waals surface area contributed by atoms with Crippen molar-refractivity contribution >= 4 is 5.71 Å². The van der Waals surface area contributed by atoms with Crippen molar-refractivity contribution in [2.24, 2.45) is 11.1 Å². The fourth-order valence-corrected chi connectivity index (χ4v) is 1.34. The van der Waals surface area contributed by atoms with Gasteiger partial charge in [-0.3, -0.25) is 4.98 Å². The van der Waals surface area contributed by atoms with Crippen LogP contribution in [0.15, 0.2) is 23.4 Å². The highest BCUT2D eigenvalue weighted by Gasteiger charge is 2.01. The Morgan fingerprint density at radius 3 is 3.00 bits per heavy atom. The molecule has 1 aromatic rings. The van der Waals surface area contributed by atoms with E-state index in [1.807, 2.05) is 25.1 Å². The normalized spacial score (nSPS) is 11.6. The zero-order valence-electron chi connectivity index (χ0n) is 9.64. The van der Waals surface area contributed by atoms with Crippen LogP contribution in [0, 0.1) is 0 Å². The van der Waals surface area contributed by atoms with Crippen molar-refractivity contribution in [1.82, 2.24) is 4.98 Å². The van der Waals surface area contributed by atoms with Gasteiger partial charge in [-0.1, -0.05) is 11.2 Å². The summed E-state index contributed by atoms with van der Waals surface area (Å²) in [6.45, 7) is 2.40. The average Bonchev–Trinajstić information content (AvgIpc) is 2.30. The summed E-state index contributed by atoms with van der Waals surface area (Å²) in [7, 11) is 1.52. The second kappa shape index (κ2) is 6.92. The molecule has 0 fully saturated rings. The molecule has 1 heterocycles. The monoisotopic (exact) mass is 223 g/mol. The first-order chi connectivity index (χ1) is 7.77. The van der Waals surface area contributed by atoms with E-state index in [0.717, 1.165) is 29.9 Å². The van der Waals surface area contributed by atoms with Gasteiger partial charge in [0.1, 0.15) is 12.8 Å². The van der Waals surface area contributed by atoms with E-state index in [0.29, 0.717) is 6.61 Å². The van der Waals surface area contributed by atoms with Gasteiger partial charge in [-0.25, -0.2) is 5.90 Å². The summed E-state index contributed by atoms with van der Waals surface area (Å²) in [6, 6.07) is 5.83. The summed E-state index contributed by atoms with van der Waals surface area (Å²) < 4.78 is 0. The standard InChI is InChI=1S/C11H17N3O2/c1-9(14-15-2)11-7-3-5-10(13-11)6-4-8-16-12/h3,5,7H,4,6,8,12H2,1-2H3/b14-9-. The van der Waals surface area contributed by atoms with E-state index in [1.54, 1.807) is 0 Å². The van der Waals surface area contributed by atoms with Crippen molar-refractivity contribution in [3.8, 4) is 0 Å². The molecule has 5 heteroatoms. The zero-order valence-corrected chi connectivity index (χ0v) is 9.64. The van der Waals surface area contributed by atoms with Gasteiger partial charge in [0.05, 0.1) is 12.3 Å². The lowest BCUT2D eigenvalue weighted by molar-refractivity contribution is 0.135. The van der Waals surface area contributed by atoms with Crippen LogP contribution >= 0.6 is 0 Å². The molecule has 1 rings (SSSR count). The highest BCUT2D eigenvalue weighted by atomic mass is 16.6. The molecule has 88 valence electrons. The van der Waals surface area contributed by atoms with Crippen molar-refractivity contribution in [1.29, 1.82) is 0 Å². The summed E-state index contributed by atoms with van der Waals surface area (Å²) >= 11 is 0. The van der Waals surface area contributed by atoms with Crippen LogP contribution in [0.2, 0.25) is 0 Å². The van der Waals surface area contributed by atoms with Crippen molar-refractivity contribution in [2.75, 3.05) is 13.7 Å². The Morgan fingerprint density at radius 2 is 2.31 bits per heavy atom. The van der Waals surface area contributed by atoms with Gasteiger partial charge in [0, 0.05) is 5.69 Å². The molecule has 5 nitrogen and oxygen atoms in total. The minimum absolute atomic E-state index is 0.539. The Morgan fingerprint density at radius 1 is 1.50 bits per heavy atom. The fourth-order valence-electron chi connectivity index (χ4n) is 1.34. The van der Waals surface area contributed by atoms with Gasteiger partial charge in [0.2, 0.25) is 0 Å². The Balaban J connectivity index is 2.67. The maximum Gasteiger partial charge on any atom is 0.106 e. The van der Waals surface area contributed by atoms with Crippen LogP contribution in [0.25, 0.3) is 0 Å². The minimum Gasteiger partial charge on any atom is -0.399 e. The first-order valence-corrected chi connectivity index (χ1v) is 5.13. The zero-order chi connectivity index (χ0) is 11.8. The van der Waals surface area contributed by atoms with Crippen molar-refractivity contribution in [2.45, 2.75) is 19.8 Å². The second-order valence-corrected chi connectivity index (χ2v) is 3.35. The molecule has 0 bridgehead atoms. The number of rotatable bonds is 6. The molecule has 0 aliphatic rings. The lowest BCUT2D eigenvalue weighted by atomic mass is 10.2. The van der Waals surface area contributed by atoms with Gasteiger partial charge in [-0.05, 0) is 31.9 Å². The molecule has 0 spiro atoms. The number of pyridine rings is 1. The average molecular weight is 223 g/mol. The summed E-state index contributed by atoms with van der Waals surface area (Å²) in [5.41, 5.74) is 2.59. The summed E-state index contributed by atoms with van der Waals surface area (Å²) in [5.74, 6) is 4.95. The maximum absolute atomic E-state index is 4.95. The lowest BCUT2D eigenvalue weighted by Crippen LogP contribution is -2.05. The SMILES string of the molecule is CO/N=C(/C)c1cccc(CCCON)n1. The smallest absolute Gasteiger partial charge is 0.106 e. The molecule has 0 amide bonds. The first-order valence-electron chi connectivity index (χ1n) is 5.13. The second-order valence-electron chi connectivity index (χ2n) is 3.35. The third-order valence-corrected chi connectivity index (χ3v) is 2.10. The highest BCUT2D eigenvalue weighted by Crippen LogP contribution is 2.04. The molecule has 16 heavy (non-hydrogen) atoms. The van der Waals surface area contributed by atoms with Crippen LogP contribution in [0.5, 0.6) is 0 Å². The molecule has 0 saturated heterocycles. The van der Waals surface area contributed by atoms with Gasteiger partial charge in [-0.2, -0.15) is 0 Å². The van der Waals surface area contributed by atoms with Crippen molar-refractivity contribution in [3.05, 3.63) is 29.6 Å². The minimum atomic E-state index is 0.539. The summed E-state index contributed by atoms with van der Waals surface area (Å²) in [4.78, 5) is 13.7. The van der Waals surface area contributed by atoms with Crippen LogP contribution in [0.1, 0.15) is 24.7 Å². The summed E-state index contributed by atoms with van der Waals surface area (Å²) in [6.07, 6.45) is 1.69. The van der Waals surface area contributed by atoms with Gasteiger partial charge in [0.15, 0.2) is 0 Å². The van der Waals surface area contributed by atoms with E-state index in [-0.39, 0.29) is 0 Å². The molecule has 0 aromatic carbocycles. The Hall–Kier alpha value is -1.46.